The van der Waals surface area contributed by atoms with E-state index in [0.717, 1.165) is 6.42 Å². The first-order valence-electron chi connectivity index (χ1n) is 8.86. The largest absolute Gasteiger partial charge is 0.493 e. The van der Waals surface area contributed by atoms with Gasteiger partial charge in [0.25, 0.3) is 11.8 Å². The summed E-state index contributed by atoms with van der Waals surface area (Å²) in [4.78, 5) is 24.7. The molecule has 0 radical (unpaired) electrons. The Hall–Kier alpha value is -2.35. The zero-order chi connectivity index (χ0) is 21.4. The molecule has 0 heterocycles. The number of para-hydroxylation sites is 1. The zero-order valence-corrected chi connectivity index (χ0v) is 18.3. The first kappa shape index (κ1) is 22.9. The van der Waals surface area contributed by atoms with Crippen LogP contribution < -0.4 is 20.9 Å². The molecule has 6 nitrogen and oxygen atoms in total. The number of halogens is 2. The van der Waals surface area contributed by atoms with Gasteiger partial charge in [0.1, 0.15) is 5.75 Å². The van der Waals surface area contributed by atoms with Crippen molar-refractivity contribution in [2.45, 2.75) is 20.3 Å². The first-order chi connectivity index (χ1) is 13.8. The van der Waals surface area contributed by atoms with Crippen molar-refractivity contribution in [1.82, 2.24) is 16.2 Å². The topological polar surface area (TPSA) is 79.5 Å². The van der Waals surface area contributed by atoms with E-state index in [4.69, 9.17) is 40.2 Å². The summed E-state index contributed by atoms with van der Waals surface area (Å²) in [7, 11) is 0. The Labute approximate surface area is 184 Å². The SMILES string of the molecule is CC(C)CCOc1ccccc1C(=O)NC(=S)NNC(=O)c1ccc(Cl)cc1Cl. The average molecular weight is 454 g/mol. The summed E-state index contributed by atoms with van der Waals surface area (Å²) >= 11 is 16.9. The summed E-state index contributed by atoms with van der Waals surface area (Å²) in [5, 5.41) is 3.03. The fraction of sp³-hybridized carbons (Fsp3) is 0.250. The minimum absolute atomic E-state index is 0.0783. The highest BCUT2D eigenvalue weighted by Crippen LogP contribution is 2.21. The predicted molar refractivity (Wildman–Crippen MR) is 119 cm³/mol. The summed E-state index contributed by atoms with van der Waals surface area (Å²) in [6.07, 6.45) is 0.870. The molecule has 0 saturated carbocycles. The van der Waals surface area contributed by atoms with Gasteiger partial charge in [-0.3, -0.25) is 25.8 Å². The number of hydrazine groups is 1. The van der Waals surface area contributed by atoms with Crippen molar-refractivity contribution in [2.75, 3.05) is 6.61 Å². The van der Waals surface area contributed by atoms with Crippen LogP contribution in [0.25, 0.3) is 0 Å². The summed E-state index contributed by atoms with van der Waals surface area (Å²) in [5.74, 6) is -0.0296. The molecule has 154 valence electrons. The normalized spacial score (nSPS) is 10.4. The van der Waals surface area contributed by atoms with E-state index >= 15 is 0 Å². The molecule has 2 amide bonds. The van der Waals surface area contributed by atoms with Crippen molar-refractivity contribution in [2.24, 2.45) is 5.92 Å². The number of carbonyl (C=O) groups excluding carboxylic acids is 2. The van der Waals surface area contributed by atoms with Crippen LogP contribution in [0.3, 0.4) is 0 Å². The van der Waals surface area contributed by atoms with Gasteiger partial charge >= 0.3 is 0 Å². The monoisotopic (exact) mass is 453 g/mol. The van der Waals surface area contributed by atoms with Crippen LogP contribution in [0.2, 0.25) is 10.0 Å². The van der Waals surface area contributed by atoms with Gasteiger partial charge in [-0.25, -0.2) is 0 Å². The van der Waals surface area contributed by atoms with Crippen LogP contribution in [0.1, 0.15) is 41.0 Å². The highest BCUT2D eigenvalue weighted by molar-refractivity contribution is 7.80. The van der Waals surface area contributed by atoms with Gasteiger partial charge in [-0.2, -0.15) is 0 Å². The average Bonchev–Trinajstić information content (AvgIpc) is 2.66. The van der Waals surface area contributed by atoms with Gasteiger partial charge in [0.2, 0.25) is 0 Å². The van der Waals surface area contributed by atoms with Crippen LogP contribution in [0.4, 0.5) is 0 Å². The predicted octanol–water partition coefficient (Wildman–Crippen LogP) is 4.37. The summed E-state index contributed by atoms with van der Waals surface area (Å²) < 4.78 is 5.71. The molecule has 0 spiro atoms. The maximum absolute atomic E-state index is 12.5. The number of nitrogens with one attached hydrogen (secondary N) is 3. The molecule has 0 fully saturated rings. The fourth-order valence-corrected chi connectivity index (χ4v) is 2.88. The van der Waals surface area contributed by atoms with E-state index < -0.39 is 11.8 Å². The Morgan fingerprint density at radius 3 is 2.45 bits per heavy atom. The number of benzene rings is 2. The maximum Gasteiger partial charge on any atom is 0.271 e. The van der Waals surface area contributed by atoms with Crippen molar-refractivity contribution in [3.05, 3.63) is 63.6 Å². The minimum Gasteiger partial charge on any atom is -0.493 e. The van der Waals surface area contributed by atoms with Crippen LogP contribution in [-0.4, -0.2) is 23.5 Å². The van der Waals surface area contributed by atoms with Gasteiger partial charge in [-0.15, -0.1) is 0 Å². The number of amides is 2. The molecule has 0 bridgehead atoms. The Kier molecular flexibility index (Phi) is 8.70. The zero-order valence-electron chi connectivity index (χ0n) is 15.9. The third kappa shape index (κ3) is 7.20. The molecule has 29 heavy (non-hydrogen) atoms. The van der Waals surface area contributed by atoms with E-state index in [0.29, 0.717) is 28.9 Å². The maximum atomic E-state index is 12.5. The molecule has 0 aliphatic rings. The van der Waals surface area contributed by atoms with Gasteiger partial charge in [-0.05, 0) is 54.9 Å². The molecule has 3 N–H and O–H groups in total. The Bertz CT molecular complexity index is 906. The van der Waals surface area contributed by atoms with E-state index in [1.165, 1.54) is 12.1 Å². The number of ether oxygens (including phenoxy) is 1. The third-order valence-corrected chi connectivity index (χ3v) is 4.53. The summed E-state index contributed by atoms with van der Waals surface area (Å²) in [6.45, 7) is 4.69. The van der Waals surface area contributed by atoms with Crippen molar-refractivity contribution in [3.8, 4) is 5.75 Å². The number of carbonyl (C=O) groups is 2. The molecular formula is C20H21Cl2N3O3S. The molecule has 2 aromatic rings. The molecule has 2 aromatic carbocycles. The highest BCUT2D eigenvalue weighted by atomic mass is 35.5. The van der Waals surface area contributed by atoms with Crippen LogP contribution >= 0.6 is 35.4 Å². The van der Waals surface area contributed by atoms with E-state index in [1.54, 1.807) is 30.3 Å². The second-order valence-corrected chi connectivity index (χ2v) is 7.77. The minimum atomic E-state index is -0.527. The lowest BCUT2D eigenvalue weighted by Crippen LogP contribution is -2.48. The van der Waals surface area contributed by atoms with E-state index in [1.807, 2.05) is 0 Å². The lowest BCUT2D eigenvalue weighted by atomic mass is 10.1. The Balaban J connectivity index is 1.92. The van der Waals surface area contributed by atoms with E-state index in [9.17, 15) is 9.59 Å². The second kappa shape index (κ2) is 11.0. The molecule has 0 unspecified atom stereocenters. The van der Waals surface area contributed by atoms with Crippen LogP contribution in [0.5, 0.6) is 5.75 Å². The van der Waals surface area contributed by atoms with Gasteiger partial charge in [0.05, 0.1) is 22.8 Å². The molecule has 0 aliphatic heterocycles. The number of rotatable bonds is 6. The van der Waals surface area contributed by atoms with Gasteiger partial charge in [0.15, 0.2) is 5.11 Å². The lowest BCUT2D eigenvalue weighted by Gasteiger charge is -2.14. The molecule has 0 atom stereocenters. The van der Waals surface area contributed by atoms with Crippen molar-refractivity contribution in [3.63, 3.8) is 0 Å². The van der Waals surface area contributed by atoms with E-state index in [2.05, 4.69) is 30.0 Å². The third-order valence-electron chi connectivity index (χ3n) is 3.78. The molecule has 0 saturated heterocycles. The van der Waals surface area contributed by atoms with Crippen molar-refractivity contribution in [1.29, 1.82) is 0 Å². The molecule has 0 aromatic heterocycles. The number of thiocarbonyl (C=S) groups is 1. The highest BCUT2D eigenvalue weighted by Gasteiger charge is 2.15. The van der Waals surface area contributed by atoms with Crippen molar-refractivity contribution < 1.29 is 14.3 Å². The summed E-state index contributed by atoms with van der Waals surface area (Å²) in [5.41, 5.74) is 5.39. The lowest BCUT2D eigenvalue weighted by molar-refractivity contribution is 0.0933. The molecule has 2 rings (SSSR count). The standard InChI is InChI=1S/C20H21Cl2N3O3S/c1-12(2)9-10-28-17-6-4-3-5-15(17)18(26)23-20(29)25-24-19(27)14-8-7-13(21)11-16(14)22/h3-8,11-12H,9-10H2,1-2H3,(H,24,27)(H2,23,25,26,29). The smallest absolute Gasteiger partial charge is 0.271 e. The summed E-state index contributed by atoms with van der Waals surface area (Å²) in [6, 6.07) is 11.3. The Morgan fingerprint density at radius 1 is 1.03 bits per heavy atom. The van der Waals surface area contributed by atoms with Crippen molar-refractivity contribution >= 4 is 52.3 Å². The number of hydrogen-bond donors (Lipinski definition) is 3. The van der Waals surface area contributed by atoms with Crippen LogP contribution in [0, 0.1) is 5.92 Å². The van der Waals surface area contributed by atoms with Crippen LogP contribution in [0.15, 0.2) is 42.5 Å². The van der Waals surface area contributed by atoms with Crippen LogP contribution in [-0.2, 0) is 0 Å². The second-order valence-electron chi connectivity index (χ2n) is 6.51. The molecule has 0 aliphatic carbocycles. The van der Waals surface area contributed by atoms with Gasteiger partial charge in [-0.1, -0.05) is 49.2 Å². The van der Waals surface area contributed by atoms with Gasteiger partial charge < -0.3 is 4.74 Å². The van der Waals surface area contributed by atoms with E-state index in [-0.39, 0.29) is 15.7 Å². The number of hydrogen-bond acceptors (Lipinski definition) is 4. The quantitative estimate of drug-likeness (QED) is 0.446. The Morgan fingerprint density at radius 2 is 1.76 bits per heavy atom. The molecule has 9 heteroatoms. The fourth-order valence-electron chi connectivity index (χ4n) is 2.24. The molecular weight excluding hydrogens is 433 g/mol. The first-order valence-corrected chi connectivity index (χ1v) is 10.0. The van der Waals surface area contributed by atoms with Gasteiger partial charge in [0, 0.05) is 5.02 Å².